The molecule has 1 aromatic carbocycles. The summed E-state index contributed by atoms with van der Waals surface area (Å²) < 4.78 is 26.7. The van der Waals surface area contributed by atoms with E-state index in [-0.39, 0.29) is 24.4 Å². The number of para-hydroxylation sites is 1. The van der Waals surface area contributed by atoms with Crippen molar-refractivity contribution in [3.8, 4) is 6.19 Å². The van der Waals surface area contributed by atoms with Crippen LogP contribution in [-0.2, 0) is 4.74 Å². The third-order valence-corrected chi connectivity index (χ3v) is 5.89. The number of ether oxygens (including phenoxy) is 1. The number of benzene rings is 1. The molecule has 2 atom stereocenters. The first-order valence-corrected chi connectivity index (χ1v) is 10.0. The van der Waals surface area contributed by atoms with Gasteiger partial charge in [-0.15, -0.1) is 0 Å². The average molecular weight is 422 g/mol. The maximum atomic E-state index is 15.1. The van der Waals surface area contributed by atoms with Gasteiger partial charge >= 0.3 is 6.01 Å². The van der Waals surface area contributed by atoms with Crippen LogP contribution < -0.4 is 9.91 Å². The van der Waals surface area contributed by atoms with Crippen molar-refractivity contribution in [2.45, 2.75) is 44.8 Å². The van der Waals surface area contributed by atoms with Crippen molar-refractivity contribution in [2.75, 3.05) is 16.6 Å². The summed E-state index contributed by atoms with van der Waals surface area (Å²) in [6.07, 6.45) is 3.15. The molecule has 0 bridgehead atoms. The summed E-state index contributed by atoms with van der Waals surface area (Å²) in [5, 5.41) is 16.9. The minimum absolute atomic E-state index is 0.219. The SMILES string of the molecule is CC1(C)CCC(c2noc(N3CN=C4c5ccccc5N5C(=CN(C#N)C5F)N43)n2)O1. The van der Waals surface area contributed by atoms with Crippen LogP contribution in [0.15, 0.2) is 45.8 Å². The lowest BCUT2D eigenvalue weighted by molar-refractivity contribution is -0.0207. The van der Waals surface area contributed by atoms with Gasteiger partial charge < -0.3 is 9.26 Å². The molecule has 11 heteroatoms. The monoisotopic (exact) mass is 422 g/mol. The van der Waals surface area contributed by atoms with E-state index in [1.54, 1.807) is 10.0 Å². The number of hydrogen-bond donors (Lipinski definition) is 0. The molecule has 2 unspecified atom stereocenters. The Labute approximate surface area is 177 Å². The number of aliphatic imine (C=N–C) groups is 1. The summed E-state index contributed by atoms with van der Waals surface area (Å²) in [6.45, 7) is 4.29. The molecule has 6 rings (SSSR count). The van der Waals surface area contributed by atoms with Gasteiger partial charge in [-0.05, 0) is 38.8 Å². The Balaban J connectivity index is 1.38. The van der Waals surface area contributed by atoms with E-state index in [9.17, 15) is 5.26 Å². The zero-order chi connectivity index (χ0) is 21.3. The van der Waals surface area contributed by atoms with Gasteiger partial charge in [0.1, 0.15) is 12.8 Å². The summed E-state index contributed by atoms with van der Waals surface area (Å²) in [7, 11) is 0. The number of anilines is 2. The number of hydrogen-bond acceptors (Lipinski definition) is 10. The zero-order valence-electron chi connectivity index (χ0n) is 16.9. The lowest BCUT2D eigenvalue weighted by atomic mass is 10.1. The first-order valence-electron chi connectivity index (χ1n) is 10.0. The van der Waals surface area contributed by atoms with Crippen molar-refractivity contribution in [1.82, 2.24) is 20.0 Å². The molecule has 31 heavy (non-hydrogen) atoms. The highest BCUT2D eigenvalue weighted by Gasteiger charge is 2.48. The first kappa shape index (κ1) is 18.1. The summed E-state index contributed by atoms with van der Waals surface area (Å²) in [6, 6.07) is 7.61. The van der Waals surface area contributed by atoms with Gasteiger partial charge in [0, 0.05) is 5.56 Å². The zero-order valence-corrected chi connectivity index (χ0v) is 16.9. The second-order valence-corrected chi connectivity index (χ2v) is 8.37. The molecular formula is C20H19FN8O2. The highest BCUT2D eigenvalue weighted by Crippen LogP contribution is 2.43. The molecule has 2 aromatic rings. The van der Waals surface area contributed by atoms with Crippen molar-refractivity contribution in [2.24, 2.45) is 4.99 Å². The topological polar surface area (TPSA) is 97.3 Å². The van der Waals surface area contributed by atoms with Crippen LogP contribution in [0.1, 0.15) is 44.2 Å². The first-order chi connectivity index (χ1) is 15.0. The molecule has 5 heterocycles. The maximum absolute atomic E-state index is 15.1. The van der Waals surface area contributed by atoms with Gasteiger partial charge in [-0.2, -0.15) is 14.6 Å². The van der Waals surface area contributed by atoms with E-state index < -0.39 is 6.42 Å². The predicted molar refractivity (Wildman–Crippen MR) is 107 cm³/mol. The fourth-order valence-corrected chi connectivity index (χ4v) is 4.41. The smallest absolute Gasteiger partial charge is 0.345 e. The van der Waals surface area contributed by atoms with E-state index in [2.05, 4.69) is 15.1 Å². The van der Waals surface area contributed by atoms with E-state index >= 15 is 4.39 Å². The molecule has 0 radical (unpaired) electrons. The van der Waals surface area contributed by atoms with E-state index in [0.29, 0.717) is 23.2 Å². The van der Waals surface area contributed by atoms with Crippen LogP contribution in [-0.4, -0.2) is 44.6 Å². The van der Waals surface area contributed by atoms with Crippen molar-refractivity contribution < 1.29 is 13.7 Å². The highest BCUT2D eigenvalue weighted by molar-refractivity contribution is 6.09. The van der Waals surface area contributed by atoms with Crippen LogP contribution in [0.2, 0.25) is 0 Å². The largest absolute Gasteiger partial charge is 0.364 e. The quantitative estimate of drug-likeness (QED) is 0.534. The second-order valence-electron chi connectivity index (χ2n) is 8.37. The Morgan fingerprint density at radius 2 is 2.13 bits per heavy atom. The van der Waals surface area contributed by atoms with Gasteiger partial charge in [-0.25, -0.2) is 19.9 Å². The Hall–Kier alpha value is -3.65. The molecule has 1 aromatic heterocycles. The van der Waals surface area contributed by atoms with Gasteiger partial charge in [0.15, 0.2) is 17.8 Å². The number of rotatable bonds is 2. The molecule has 0 amide bonds. The van der Waals surface area contributed by atoms with Crippen molar-refractivity contribution in [1.29, 1.82) is 5.26 Å². The third kappa shape index (κ3) is 2.55. The van der Waals surface area contributed by atoms with Gasteiger partial charge in [0.2, 0.25) is 5.82 Å². The Morgan fingerprint density at radius 1 is 1.29 bits per heavy atom. The fraction of sp³-hybridized carbons (Fsp3) is 0.400. The van der Waals surface area contributed by atoms with Crippen LogP contribution in [0.3, 0.4) is 0 Å². The van der Waals surface area contributed by atoms with Gasteiger partial charge in [-0.3, -0.25) is 4.90 Å². The number of amidine groups is 1. The van der Waals surface area contributed by atoms with Crippen LogP contribution >= 0.6 is 0 Å². The minimum Gasteiger partial charge on any atom is -0.364 e. The second kappa shape index (κ2) is 6.18. The van der Waals surface area contributed by atoms with Crippen LogP contribution in [0.5, 0.6) is 0 Å². The summed E-state index contributed by atoms with van der Waals surface area (Å²) in [5.74, 6) is 1.55. The third-order valence-electron chi connectivity index (χ3n) is 5.89. The number of alkyl halides is 1. The van der Waals surface area contributed by atoms with Crippen LogP contribution in [0, 0.1) is 11.5 Å². The number of nitrogens with zero attached hydrogens (tertiary/aromatic N) is 8. The van der Waals surface area contributed by atoms with Crippen molar-refractivity contribution in [3.05, 3.63) is 47.7 Å². The Morgan fingerprint density at radius 3 is 2.90 bits per heavy atom. The lowest BCUT2D eigenvalue weighted by Crippen LogP contribution is -2.50. The molecule has 1 fully saturated rings. The van der Waals surface area contributed by atoms with Crippen LogP contribution in [0.4, 0.5) is 16.1 Å². The fourth-order valence-electron chi connectivity index (χ4n) is 4.41. The minimum atomic E-state index is -1.66. The molecule has 10 nitrogen and oxygen atoms in total. The van der Waals surface area contributed by atoms with Crippen molar-refractivity contribution >= 4 is 17.5 Å². The number of hydrazine groups is 1. The number of aromatic nitrogens is 2. The van der Waals surface area contributed by atoms with Crippen molar-refractivity contribution in [3.63, 3.8) is 0 Å². The van der Waals surface area contributed by atoms with Gasteiger partial charge in [-0.1, -0.05) is 17.3 Å². The molecule has 158 valence electrons. The normalized spacial score (nSPS) is 25.7. The summed E-state index contributed by atoms with van der Waals surface area (Å²) in [5.41, 5.74) is 1.17. The number of halogens is 1. The standard InChI is InChI=1S/C20H19FN8O2/c1-20(2)8-7-14(30-20)16-24-19(31-25-16)27-11-23-17-12-5-3-4-6-13(12)28-15(29(17)27)9-26(10-22)18(28)21/h3-6,9,14,18H,7-8,11H2,1-2H3. The van der Waals surface area contributed by atoms with E-state index in [1.807, 2.05) is 44.3 Å². The molecule has 0 saturated carbocycles. The van der Waals surface area contributed by atoms with E-state index in [4.69, 9.17) is 9.26 Å². The molecule has 0 N–H and O–H groups in total. The Bertz CT molecular complexity index is 1170. The molecule has 4 aliphatic rings. The molecule has 0 spiro atoms. The number of nitriles is 1. The Kier molecular flexibility index (Phi) is 3.62. The summed E-state index contributed by atoms with van der Waals surface area (Å²) in [4.78, 5) is 11.6. The lowest BCUT2D eigenvalue weighted by Gasteiger charge is -2.39. The van der Waals surface area contributed by atoms with E-state index in [1.165, 1.54) is 11.1 Å². The average Bonchev–Trinajstić information content (AvgIpc) is 3.52. The van der Waals surface area contributed by atoms with Crippen LogP contribution in [0.25, 0.3) is 0 Å². The van der Waals surface area contributed by atoms with Gasteiger partial charge in [0.25, 0.3) is 6.42 Å². The highest BCUT2D eigenvalue weighted by atomic mass is 19.1. The summed E-state index contributed by atoms with van der Waals surface area (Å²) >= 11 is 0. The van der Waals surface area contributed by atoms with Gasteiger partial charge in [0.05, 0.1) is 17.5 Å². The molecular weight excluding hydrogens is 403 g/mol. The predicted octanol–water partition coefficient (Wildman–Crippen LogP) is 2.81. The molecule has 1 saturated heterocycles. The maximum Gasteiger partial charge on any atom is 0.345 e. The molecule has 4 aliphatic heterocycles. The number of fused-ring (bicyclic) bond motifs is 6. The van der Waals surface area contributed by atoms with E-state index in [0.717, 1.165) is 23.3 Å². The molecule has 0 aliphatic carbocycles.